The zero-order valence-electron chi connectivity index (χ0n) is 12.8. The molecule has 7 heteroatoms. The van der Waals surface area contributed by atoms with E-state index in [1.54, 1.807) is 10.4 Å². The van der Waals surface area contributed by atoms with Gasteiger partial charge < -0.3 is 4.74 Å². The Bertz CT molecular complexity index is 537. The van der Waals surface area contributed by atoms with E-state index < -0.39 is 23.4 Å². The van der Waals surface area contributed by atoms with Crippen molar-refractivity contribution in [3.63, 3.8) is 0 Å². The van der Waals surface area contributed by atoms with E-state index in [4.69, 9.17) is 0 Å². The van der Waals surface area contributed by atoms with Gasteiger partial charge in [0.25, 0.3) is 5.00 Å². The van der Waals surface area contributed by atoms with E-state index in [1.807, 2.05) is 13.8 Å². The quantitative estimate of drug-likeness (QED) is 0.416. The van der Waals surface area contributed by atoms with E-state index >= 15 is 4.39 Å². The molecule has 0 N–H and O–H groups in total. The van der Waals surface area contributed by atoms with Crippen molar-refractivity contribution in [3.05, 3.63) is 35.4 Å². The van der Waals surface area contributed by atoms with Crippen LogP contribution in [0.3, 0.4) is 0 Å². The highest BCUT2D eigenvalue weighted by molar-refractivity contribution is 7.99. The molecule has 1 aromatic rings. The highest BCUT2D eigenvalue weighted by Gasteiger charge is 2.43. The molecule has 0 aromatic heterocycles. The summed E-state index contributed by atoms with van der Waals surface area (Å²) in [6.45, 7) is 4.70. The first-order chi connectivity index (χ1) is 10.4. The maximum Gasteiger partial charge on any atom is 0.356 e. The number of alkyl halides is 1. The first-order valence-electron chi connectivity index (χ1n) is 6.87. The van der Waals surface area contributed by atoms with Crippen molar-refractivity contribution in [1.82, 2.24) is 4.31 Å². The second-order valence-corrected chi connectivity index (χ2v) is 5.88. The number of methoxy groups -OCH3 is 1. The van der Waals surface area contributed by atoms with Gasteiger partial charge in [0.2, 0.25) is 0 Å². The zero-order valence-corrected chi connectivity index (χ0v) is 13.6. The van der Waals surface area contributed by atoms with Crippen LogP contribution < -0.4 is 0 Å². The minimum atomic E-state index is -2.42. The van der Waals surface area contributed by atoms with Crippen LogP contribution in [-0.4, -0.2) is 41.5 Å². The number of halogens is 2. The van der Waals surface area contributed by atoms with Crippen molar-refractivity contribution in [2.24, 2.45) is 0 Å². The molecule has 0 radical (unpaired) electrons. The van der Waals surface area contributed by atoms with Gasteiger partial charge in [-0.15, -0.1) is 0 Å². The molecule has 122 valence electrons. The number of rotatable bonds is 8. The van der Waals surface area contributed by atoms with Crippen LogP contribution in [0.15, 0.2) is 24.3 Å². The molecule has 0 fully saturated rings. The lowest BCUT2D eigenvalue weighted by Crippen LogP contribution is -2.38. The Hall–Kier alpha value is -1.47. The van der Waals surface area contributed by atoms with Gasteiger partial charge in [-0.1, -0.05) is 32.0 Å². The molecule has 0 aliphatic heterocycles. The van der Waals surface area contributed by atoms with Crippen molar-refractivity contribution in [1.29, 1.82) is 0 Å². The van der Waals surface area contributed by atoms with Crippen LogP contribution in [0.4, 0.5) is 8.78 Å². The topological polar surface area (TPSA) is 46.6 Å². The molecule has 22 heavy (non-hydrogen) atoms. The third-order valence-corrected chi connectivity index (χ3v) is 4.49. The third-order valence-electron chi connectivity index (χ3n) is 3.12. The normalized spacial score (nSPS) is 13.7. The highest BCUT2D eigenvalue weighted by atomic mass is 32.2. The maximum atomic E-state index is 15.2. The molecule has 1 aromatic carbocycles. The summed E-state index contributed by atoms with van der Waals surface area (Å²) in [6, 6.07) is 4.06. The monoisotopic (exact) mass is 331 g/mol. The molecule has 0 aliphatic carbocycles. The van der Waals surface area contributed by atoms with Crippen molar-refractivity contribution >= 4 is 24.0 Å². The lowest BCUT2D eigenvalue weighted by atomic mass is 10.0. The fourth-order valence-corrected chi connectivity index (χ4v) is 3.01. The summed E-state index contributed by atoms with van der Waals surface area (Å²) < 4.78 is 34.4. The maximum absolute atomic E-state index is 15.2. The summed E-state index contributed by atoms with van der Waals surface area (Å²) in [5.41, 5.74) is -0.115. The van der Waals surface area contributed by atoms with Crippen LogP contribution in [0, 0.1) is 0 Å². The molecule has 1 unspecified atom stereocenters. The fourth-order valence-electron chi connectivity index (χ4n) is 1.96. The average Bonchev–Trinajstić information content (AvgIpc) is 2.52. The minimum Gasteiger partial charge on any atom is -0.466 e. The lowest BCUT2D eigenvalue weighted by molar-refractivity contribution is -0.148. The van der Waals surface area contributed by atoms with Gasteiger partial charge in [0.05, 0.1) is 12.7 Å². The number of esters is 1. The van der Waals surface area contributed by atoms with Gasteiger partial charge in [0.15, 0.2) is 0 Å². The largest absolute Gasteiger partial charge is 0.466 e. The number of hydrogen-bond donors (Lipinski definition) is 0. The van der Waals surface area contributed by atoms with E-state index in [2.05, 4.69) is 4.74 Å². The van der Waals surface area contributed by atoms with Crippen LogP contribution in [0.25, 0.3) is 0 Å². The second-order valence-electron chi connectivity index (χ2n) is 4.53. The number of carbonyl (C=O) groups excluding carboxylic acids is 2. The second kappa shape index (κ2) is 8.24. The van der Waals surface area contributed by atoms with E-state index in [-0.39, 0.29) is 11.1 Å². The molecule has 0 saturated heterocycles. The third kappa shape index (κ3) is 4.51. The van der Waals surface area contributed by atoms with E-state index in [1.165, 1.54) is 18.2 Å². The Morgan fingerprint density at radius 2 is 1.86 bits per heavy atom. The molecule has 4 nitrogen and oxygen atoms in total. The molecule has 0 aliphatic rings. The van der Waals surface area contributed by atoms with Crippen LogP contribution in [0.2, 0.25) is 0 Å². The van der Waals surface area contributed by atoms with Gasteiger partial charge in [0, 0.05) is 19.5 Å². The SMILES string of the molecule is CCN(CC)SC(F)(Cc1ccccc1C(=O)F)C(=O)OC. The predicted molar refractivity (Wildman–Crippen MR) is 82.0 cm³/mol. The Labute approximate surface area is 133 Å². The van der Waals surface area contributed by atoms with E-state index in [0.717, 1.165) is 7.11 Å². The average molecular weight is 331 g/mol. The number of hydrogen-bond acceptors (Lipinski definition) is 5. The Morgan fingerprint density at radius 3 is 2.36 bits per heavy atom. The summed E-state index contributed by atoms with van der Waals surface area (Å²) in [6.07, 6.45) is -0.452. The molecule has 0 saturated carbocycles. The Morgan fingerprint density at radius 1 is 1.27 bits per heavy atom. The van der Waals surface area contributed by atoms with Crippen LogP contribution in [-0.2, 0) is 16.0 Å². The summed E-state index contributed by atoms with van der Waals surface area (Å²) in [4.78, 5) is 22.9. The highest BCUT2D eigenvalue weighted by Crippen LogP contribution is 2.36. The van der Waals surface area contributed by atoms with Crippen molar-refractivity contribution in [2.75, 3.05) is 20.2 Å². The predicted octanol–water partition coefficient (Wildman–Crippen LogP) is 3.17. The zero-order chi connectivity index (χ0) is 16.8. The molecule has 1 atom stereocenters. The summed E-state index contributed by atoms with van der Waals surface area (Å²) >= 11 is 0.698. The van der Waals surface area contributed by atoms with Crippen molar-refractivity contribution in [2.45, 2.75) is 25.3 Å². The summed E-state index contributed by atoms with van der Waals surface area (Å²) in [5.74, 6) is -1.06. The molecular weight excluding hydrogens is 312 g/mol. The van der Waals surface area contributed by atoms with Crippen LogP contribution in [0.1, 0.15) is 29.8 Å². The Balaban J connectivity index is 3.14. The van der Waals surface area contributed by atoms with Gasteiger partial charge >= 0.3 is 12.0 Å². The molecule has 0 bridgehead atoms. The molecule has 0 heterocycles. The van der Waals surface area contributed by atoms with Gasteiger partial charge in [-0.3, -0.25) is 4.79 Å². The number of ether oxygens (including phenoxy) is 1. The standard InChI is InChI=1S/C15H19F2NO3S/c1-4-18(5-2)22-15(17,14(20)21-3)10-11-8-6-7-9-12(11)13(16)19/h6-9H,4-5,10H2,1-3H3. The lowest BCUT2D eigenvalue weighted by Gasteiger charge is -2.28. The first-order valence-corrected chi connectivity index (χ1v) is 7.64. The van der Waals surface area contributed by atoms with Crippen LogP contribution >= 0.6 is 11.9 Å². The van der Waals surface area contributed by atoms with Gasteiger partial charge in [-0.25, -0.2) is 13.5 Å². The molecule has 1 rings (SSSR count). The molecule has 0 spiro atoms. The van der Waals surface area contributed by atoms with Gasteiger partial charge in [-0.05, 0) is 23.6 Å². The van der Waals surface area contributed by atoms with Crippen molar-refractivity contribution < 1.29 is 23.1 Å². The molecule has 0 amide bonds. The van der Waals surface area contributed by atoms with Gasteiger partial charge in [0.1, 0.15) is 0 Å². The minimum absolute atomic E-state index is 0.127. The first kappa shape index (κ1) is 18.6. The molecular formula is C15H19F2NO3S. The number of nitrogens with zero attached hydrogens (tertiary/aromatic N) is 1. The summed E-state index contributed by atoms with van der Waals surface area (Å²) in [7, 11) is 1.09. The number of carbonyl (C=O) groups is 2. The van der Waals surface area contributed by atoms with E-state index in [0.29, 0.717) is 25.0 Å². The van der Waals surface area contributed by atoms with Crippen LogP contribution in [0.5, 0.6) is 0 Å². The van der Waals surface area contributed by atoms with Crippen molar-refractivity contribution in [3.8, 4) is 0 Å². The van der Waals surface area contributed by atoms with Gasteiger partial charge in [-0.2, -0.15) is 4.39 Å². The smallest absolute Gasteiger partial charge is 0.356 e. The fraction of sp³-hybridized carbons (Fsp3) is 0.467. The number of benzene rings is 1. The Kier molecular flexibility index (Phi) is 6.96. The summed E-state index contributed by atoms with van der Waals surface area (Å²) in [5, 5.41) is -2.42. The van der Waals surface area contributed by atoms with E-state index in [9.17, 15) is 14.0 Å².